The minimum absolute atomic E-state index is 0.00293. The molecule has 0 fully saturated rings. The third kappa shape index (κ3) is 5.55. The average molecular weight is 281 g/mol. The Bertz CT molecular complexity index is 470. The molecule has 0 N–H and O–H groups in total. The topological polar surface area (TPSA) is 38.7 Å². The van der Waals surface area contributed by atoms with Crippen LogP contribution in [0.25, 0.3) is 0 Å². The van der Waals surface area contributed by atoms with Crippen molar-refractivity contribution in [3.05, 3.63) is 29.8 Å². The SMILES string of the molecule is CC(C)S(C)=Nc1ccc(C(=O)OC(C)(C)C)cc1. The summed E-state index contributed by atoms with van der Waals surface area (Å²) in [7, 11) is 0.00293. The molecular formula is C15H23NO2S. The molecule has 1 atom stereocenters. The van der Waals surface area contributed by atoms with Gasteiger partial charge in [0.05, 0.1) is 11.3 Å². The molecule has 0 aromatic heterocycles. The molecule has 0 heterocycles. The Balaban J connectivity index is 2.83. The Hall–Kier alpha value is -1.16. The third-order valence-corrected chi connectivity index (χ3v) is 4.30. The normalized spacial score (nSPS) is 13.6. The molecule has 106 valence electrons. The molecule has 0 saturated heterocycles. The lowest BCUT2D eigenvalue weighted by atomic mass is 10.1. The minimum atomic E-state index is -0.465. The fraction of sp³-hybridized carbons (Fsp3) is 0.533. The van der Waals surface area contributed by atoms with E-state index in [4.69, 9.17) is 4.74 Å². The first kappa shape index (κ1) is 15.9. The summed E-state index contributed by atoms with van der Waals surface area (Å²) in [6.45, 7) is 9.89. The highest BCUT2D eigenvalue weighted by molar-refractivity contribution is 7.87. The third-order valence-electron chi connectivity index (χ3n) is 2.43. The van der Waals surface area contributed by atoms with Crippen molar-refractivity contribution in [1.82, 2.24) is 0 Å². The van der Waals surface area contributed by atoms with E-state index in [9.17, 15) is 4.79 Å². The zero-order valence-electron chi connectivity index (χ0n) is 12.6. The van der Waals surface area contributed by atoms with Crippen molar-refractivity contribution in [3.63, 3.8) is 0 Å². The smallest absolute Gasteiger partial charge is 0.338 e. The van der Waals surface area contributed by atoms with Gasteiger partial charge in [-0.15, -0.1) is 0 Å². The van der Waals surface area contributed by atoms with Gasteiger partial charge in [-0.1, -0.05) is 24.5 Å². The Labute approximate surface area is 118 Å². The second kappa shape index (κ2) is 6.33. The molecule has 0 aliphatic carbocycles. The van der Waals surface area contributed by atoms with E-state index < -0.39 is 5.60 Å². The summed E-state index contributed by atoms with van der Waals surface area (Å²) in [6, 6.07) is 7.27. The van der Waals surface area contributed by atoms with Gasteiger partial charge >= 0.3 is 5.97 Å². The van der Waals surface area contributed by atoms with Crippen LogP contribution >= 0.6 is 0 Å². The fourth-order valence-corrected chi connectivity index (χ4v) is 1.93. The number of rotatable bonds is 3. The van der Waals surface area contributed by atoms with Crippen LogP contribution in [0.5, 0.6) is 0 Å². The molecule has 19 heavy (non-hydrogen) atoms. The van der Waals surface area contributed by atoms with E-state index in [0.29, 0.717) is 10.8 Å². The van der Waals surface area contributed by atoms with Crippen molar-refractivity contribution in [2.75, 3.05) is 6.26 Å². The second-order valence-electron chi connectivity index (χ2n) is 5.71. The molecule has 1 rings (SSSR count). The van der Waals surface area contributed by atoms with Gasteiger partial charge in [-0.3, -0.25) is 0 Å². The van der Waals surface area contributed by atoms with E-state index in [2.05, 4.69) is 24.5 Å². The van der Waals surface area contributed by atoms with E-state index in [1.807, 2.05) is 32.9 Å². The molecule has 4 heteroatoms. The number of benzene rings is 1. The number of carbonyl (C=O) groups excluding carboxylic acids is 1. The van der Waals surface area contributed by atoms with Crippen LogP contribution < -0.4 is 0 Å². The van der Waals surface area contributed by atoms with Crippen molar-refractivity contribution in [3.8, 4) is 0 Å². The van der Waals surface area contributed by atoms with Crippen LogP contribution in [0, 0.1) is 0 Å². The van der Waals surface area contributed by atoms with Crippen LogP contribution in [0.2, 0.25) is 0 Å². The second-order valence-corrected chi connectivity index (χ2v) is 7.89. The van der Waals surface area contributed by atoms with Gasteiger partial charge in [0.25, 0.3) is 0 Å². The van der Waals surface area contributed by atoms with Crippen molar-refractivity contribution >= 4 is 22.3 Å². The molecule has 0 bridgehead atoms. The molecule has 0 spiro atoms. The van der Waals surface area contributed by atoms with Gasteiger partial charge in [-0.05, 0) is 51.3 Å². The number of hydrogen-bond donors (Lipinski definition) is 0. The zero-order valence-corrected chi connectivity index (χ0v) is 13.4. The van der Waals surface area contributed by atoms with Crippen LogP contribution in [-0.2, 0) is 15.4 Å². The van der Waals surface area contributed by atoms with Gasteiger partial charge in [0.2, 0.25) is 0 Å². The molecule has 0 saturated carbocycles. The minimum Gasteiger partial charge on any atom is -0.456 e. The molecular weight excluding hydrogens is 258 g/mol. The number of hydrogen-bond acceptors (Lipinski definition) is 3. The Kier molecular flexibility index (Phi) is 5.29. The predicted molar refractivity (Wildman–Crippen MR) is 82.1 cm³/mol. The van der Waals surface area contributed by atoms with Crippen LogP contribution in [-0.4, -0.2) is 23.1 Å². The summed E-state index contributed by atoms with van der Waals surface area (Å²) in [5, 5.41) is 0.533. The van der Waals surface area contributed by atoms with Gasteiger partial charge in [-0.25, -0.2) is 9.16 Å². The summed E-state index contributed by atoms with van der Waals surface area (Å²) in [5.41, 5.74) is 1.01. The molecule has 0 amide bonds. The highest BCUT2D eigenvalue weighted by Gasteiger charge is 2.17. The number of carbonyl (C=O) groups is 1. The summed E-state index contributed by atoms with van der Waals surface area (Å²) in [5.74, 6) is -0.293. The fourth-order valence-electron chi connectivity index (χ4n) is 1.27. The molecule has 0 aliphatic rings. The first-order chi connectivity index (χ1) is 8.69. The molecule has 1 aromatic rings. The molecule has 0 aliphatic heterocycles. The van der Waals surface area contributed by atoms with E-state index >= 15 is 0 Å². The van der Waals surface area contributed by atoms with Crippen LogP contribution in [0.3, 0.4) is 0 Å². The first-order valence-corrected chi connectivity index (χ1v) is 8.04. The first-order valence-electron chi connectivity index (χ1n) is 6.39. The van der Waals surface area contributed by atoms with E-state index in [1.165, 1.54) is 0 Å². The lowest BCUT2D eigenvalue weighted by Crippen LogP contribution is -2.23. The Morgan fingerprint density at radius 1 is 1.21 bits per heavy atom. The highest BCUT2D eigenvalue weighted by atomic mass is 32.2. The lowest BCUT2D eigenvalue weighted by molar-refractivity contribution is 0.00696. The standard InChI is InChI=1S/C15H23NO2S/c1-11(2)19(6)16-13-9-7-12(8-10-13)14(17)18-15(3,4)5/h7-11H,1-6H3. The average Bonchev–Trinajstić information content (AvgIpc) is 2.27. The largest absolute Gasteiger partial charge is 0.456 e. The van der Waals surface area contributed by atoms with E-state index in [0.717, 1.165) is 5.69 Å². The molecule has 0 radical (unpaired) electrons. The van der Waals surface area contributed by atoms with Gasteiger partial charge in [0.1, 0.15) is 5.60 Å². The maximum Gasteiger partial charge on any atom is 0.338 e. The van der Waals surface area contributed by atoms with Crippen molar-refractivity contribution in [1.29, 1.82) is 0 Å². The van der Waals surface area contributed by atoms with Crippen LogP contribution in [0.4, 0.5) is 5.69 Å². The lowest BCUT2D eigenvalue weighted by Gasteiger charge is -2.19. The van der Waals surface area contributed by atoms with Gasteiger partial charge in [-0.2, -0.15) is 0 Å². The van der Waals surface area contributed by atoms with Gasteiger partial charge in [0.15, 0.2) is 0 Å². The highest BCUT2D eigenvalue weighted by Crippen LogP contribution is 2.18. The van der Waals surface area contributed by atoms with Crippen molar-refractivity contribution in [2.45, 2.75) is 45.5 Å². The van der Waals surface area contributed by atoms with Crippen LogP contribution in [0.1, 0.15) is 45.0 Å². The summed E-state index contributed by atoms with van der Waals surface area (Å²) in [6.07, 6.45) is 2.12. The van der Waals surface area contributed by atoms with E-state index in [-0.39, 0.29) is 16.7 Å². The summed E-state index contributed by atoms with van der Waals surface area (Å²) < 4.78 is 9.92. The van der Waals surface area contributed by atoms with Gasteiger partial charge < -0.3 is 4.74 Å². The van der Waals surface area contributed by atoms with Gasteiger partial charge in [0, 0.05) is 5.25 Å². The monoisotopic (exact) mass is 281 g/mol. The Morgan fingerprint density at radius 3 is 2.16 bits per heavy atom. The maximum absolute atomic E-state index is 11.9. The number of nitrogens with zero attached hydrogens (tertiary/aromatic N) is 1. The number of ether oxygens (including phenoxy) is 1. The van der Waals surface area contributed by atoms with E-state index in [1.54, 1.807) is 12.1 Å². The summed E-state index contributed by atoms with van der Waals surface area (Å²) in [4.78, 5) is 11.9. The zero-order chi connectivity index (χ0) is 14.6. The van der Waals surface area contributed by atoms with Crippen molar-refractivity contribution in [2.24, 2.45) is 4.36 Å². The predicted octanol–water partition coefficient (Wildman–Crippen LogP) is 4.11. The number of esters is 1. The maximum atomic E-state index is 11.9. The van der Waals surface area contributed by atoms with Crippen LogP contribution in [0.15, 0.2) is 28.6 Å². The summed E-state index contributed by atoms with van der Waals surface area (Å²) >= 11 is 0. The molecule has 1 aromatic carbocycles. The molecule has 1 unspecified atom stereocenters. The quantitative estimate of drug-likeness (QED) is 0.782. The molecule has 3 nitrogen and oxygen atoms in total. The Morgan fingerprint density at radius 2 is 1.74 bits per heavy atom. The van der Waals surface area contributed by atoms with Crippen molar-refractivity contribution < 1.29 is 9.53 Å².